The Morgan fingerprint density at radius 1 is 1.30 bits per heavy atom. The molecule has 0 aliphatic carbocycles. The Bertz CT molecular complexity index is 658. The Hall–Kier alpha value is -1.39. The minimum absolute atomic E-state index is 0.129. The van der Waals surface area contributed by atoms with Crippen LogP contribution >= 0.6 is 27.5 Å². The highest BCUT2D eigenvalue weighted by molar-refractivity contribution is 9.10. The molecule has 0 aliphatic heterocycles. The zero-order valence-corrected chi connectivity index (χ0v) is 13.0. The summed E-state index contributed by atoms with van der Waals surface area (Å²) in [6.45, 7) is 2.13. The highest BCUT2D eigenvalue weighted by Gasteiger charge is 2.15. The molecule has 0 bridgehead atoms. The maximum Gasteiger partial charge on any atom is 0.194 e. The first-order valence-electron chi connectivity index (χ1n) is 5.95. The van der Waals surface area contributed by atoms with Crippen LogP contribution < -0.4 is 4.74 Å². The van der Waals surface area contributed by atoms with E-state index in [2.05, 4.69) is 15.9 Å². The topological polar surface area (TPSA) is 26.3 Å². The highest BCUT2D eigenvalue weighted by Crippen LogP contribution is 2.25. The Kier molecular flexibility index (Phi) is 4.78. The van der Waals surface area contributed by atoms with Gasteiger partial charge in [0.25, 0.3) is 0 Å². The van der Waals surface area contributed by atoms with Crippen LogP contribution in [-0.4, -0.2) is 12.4 Å². The molecule has 5 heteroatoms. The van der Waals surface area contributed by atoms with Crippen molar-refractivity contribution in [2.24, 2.45) is 0 Å². The molecule has 2 nitrogen and oxygen atoms in total. The first-order chi connectivity index (χ1) is 9.52. The predicted octanol–water partition coefficient (Wildman–Crippen LogP) is 4.87. The zero-order valence-electron chi connectivity index (χ0n) is 10.6. The Morgan fingerprint density at radius 3 is 2.70 bits per heavy atom. The molecule has 0 atom stereocenters. The summed E-state index contributed by atoms with van der Waals surface area (Å²) in [4.78, 5) is 12.3. The van der Waals surface area contributed by atoms with Crippen LogP contribution in [0.5, 0.6) is 5.75 Å². The van der Waals surface area contributed by atoms with Crippen LogP contribution in [0.25, 0.3) is 0 Å². The first kappa shape index (κ1) is 15.0. The van der Waals surface area contributed by atoms with Crippen molar-refractivity contribution in [3.05, 3.63) is 62.8 Å². The minimum atomic E-state index is -0.566. The SMILES string of the molecule is CCOc1ccc(C(=O)c2cc(Br)ccc2Cl)cc1F. The number of halogens is 3. The fourth-order valence-corrected chi connectivity index (χ4v) is 2.31. The number of ketones is 1. The molecule has 0 saturated carbocycles. The summed E-state index contributed by atoms with van der Waals surface area (Å²) in [5.41, 5.74) is 0.551. The molecule has 104 valence electrons. The van der Waals surface area contributed by atoms with Gasteiger partial charge in [-0.2, -0.15) is 0 Å². The summed E-state index contributed by atoms with van der Waals surface area (Å²) in [6, 6.07) is 9.08. The van der Waals surface area contributed by atoms with Gasteiger partial charge in [0.1, 0.15) is 0 Å². The first-order valence-corrected chi connectivity index (χ1v) is 7.12. The van der Waals surface area contributed by atoms with Crippen molar-refractivity contribution in [3.8, 4) is 5.75 Å². The number of benzene rings is 2. The second kappa shape index (κ2) is 6.37. The van der Waals surface area contributed by atoms with Gasteiger partial charge in [-0.05, 0) is 43.3 Å². The van der Waals surface area contributed by atoms with Crippen LogP contribution in [0.1, 0.15) is 22.8 Å². The van der Waals surface area contributed by atoms with Crippen molar-refractivity contribution in [1.82, 2.24) is 0 Å². The van der Waals surface area contributed by atoms with Crippen molar-refractivity contribution < 1.29 is 13.9 Å². The van der Waals surface area contributed by atoms with Crippen molar-refractivity contribution in [2.75, 3.05) is 6.61 Å². The van der Waals surface area contributed by atoms with Crippen LogP contribution in [0, 0.1) is 5.82 Å². The maximum atomic E-state index is 13.8. The molecule has 0 amide bonds. The molecule has 2 aromatic rings. The number of carbonyl (C=O) groups excluding carboxylic acids is 1. The van der Waals surface area contributed by atoms with E-state index in [1.165, 1.54) is 12.1 Å². The number of carbonyl (C=O) groups is 1. The third-order valence-electron chi connectivity index (χ3n) is 2.67. The van der Waals surface area contributed by atoms with Crippen LogP contribution in [0.15, 0.2) is 40.9 Å². The predicted molar refractivity (Wildman–Crippen MR) is 80.2 cm³/mol. The van der Waals surface area contributed by atoms with E-state index in [0.29, 0.717) is 17.2 Å². The lowest BCUT2D eigenvalue weighted by atomic mass is 10.0. The van der Waals surface area contributed by atoms with E-state index in [1.54, 1.807) is 25.1 Å². The number of ether oxygens (including phenoxy) is 1. The summed E-state index contributed by atoms with van der Waals surface area (Å²) in [6.07, 6.45) is 0. The largest absolute Gasteiger partial charge is 0.491 e. The van der Waals surface area contributed by atoms with Crippen LogP contribution in [0.4, 0.5) is 4.39 Å². The van der Waals surface area contributed by atoms with Crippen molar-refractivity contribution in [1.29, 1.82) is 0 Å². The summed E-state index contributed by atoms with van der Waals surface area (Å²) in [5, 5.41) is 0.326. The minimum Gasteiger partial charge on any atom is -0.491 e. The van der Waals surface area contributed by atoms with E-state index in [9.17, 15) is 9.18 Å². The number of hydrogen-bond acceptors (Lipinski definition) is 2. The van der Waals surface area contributed by atoms with Gasteiger partial charge in [0, 0.05) is 15.6 Å². The standard InChI is InChI=1S/C15H11BrClFO2/c1-2-20-14-6-3-9(7-13(14)18)15(19)11-8-10(16)4-5-12(11)17/h3-8H,2H2,1H3. The highest BCUT2D eigenvalue weighted by atomic mass is 79.9. The fourth-order valence-electron chi connectivity index (χ4n) is 1.74. The third-order valence-corrected chi connectivity index (χ3v) is 3.49. The molecule has 0 spiro atoms. The monoisotopic (exact) mass is 356 g/mol. The number of rotatable bonds is 4. The molecule has 0 unspecified atom stereocenters. The molecule has 0 aromatic heterocycles. The zero-order chi connectivity index (χ0) is 14.7. The van der Waals surface area contributed by atoms with E-state index >= 15 is 0 Å². The van der Waals surface area contributed by atoms with Gasteiger partial charge in [-0.1, -0.05) is 27.5 Å². The normalized spacial score (nSPS) is 10.4. The van der Waals surface area contributed by atoms with Crippen molar-refractivity contribution >= 4 is 33.3 Å². The maximum absolute atomic E-state index is 13.8. The van der Waals surface area contributed by atoms with Gasteiger partial charge >= 0.3 is 0 Å². The van der Waals surface area contributed by atoms with Gasteiger partial charge < -0.3 is 4.74 Å². The molecule has 20 heavy (non-hydrogen) atoms. The van der Waals surface area contributed by atoms with Crippen LogP contribution in [0.3, 0.4) is 0 Å². The summed E-state index contributed by atoms with van der Waals surface area (Å²) < 4.78 is 19.6. The van der Waals surface area contributed by atoms with Gasteiger partial charge in [-0.15, -0.1) is 0 Å². The summed E-state index contributed by atoms with van der Waals surface area (Å²) in [5.74, 6) is -0.772. The average molecular weight is 358 g/mol. The molecular weight excluding hydrogens is 347 g/mol. The molecule has 0 heterocycles. The molecule has 0 saturated heterocycles. The van der Waals surface area contributed by atoms with Gasteiger partial charge in [-0.3, -0.25) is 4.79 Å². The second-order valence-corrected chi connectivity index (χ2v) is 5.35. The smallest absolute Gasteiger partial charge is 0.194 e. The lowest BCUT2D eigenvalue weighted by Crippen LogP contribution is -2.04. The van der Waals surface area contributed by atoms with Crippen LogP contribution in [0.2, 0.25) is 5.02 Å². The molecule has 0 N–H and O–H groups in total. The molecular formula is C15H11BrClFO2. The van der Waals surface area contributed by atoms with Gasteiger partial charge in [-0.25, -0.2) is 4.39 Å². The van der Waals surface area contributed by atoms with Crippen LogP contribution in [-0.2, 0) is 0 Å². The van der Waals surface area contributed by atoms with E-state index in [0.717, 1.165) is 10.5 Å². The number of hydrogen-bond donors (Lipinski definition) is 0. The Balaban J connectivity index is 2.38. The third kappa shape index (κ3) is 3.19. The van der Waals surface area contributed by atoms with Gasteiger partial charge in [0.05, 0.1) is 11.6 Å². The Morgan fingerprint density at radius 2 is 2.05 bits per heavy atom. The van der Waals surface area contributed by atoms with E-state index < -0.39 is 5.82 Å². The van der Waals surface area contributed by atoms with Crippen molar-refractivity contribution in [3.63, 3.8) is 0 Å². The van der Waals surface area contributed by atoms with Gasteiger partial charge in [0.15, 0.2) is 17.3 Å². The quantitative estimate of drug-likeness (QED) is 0.730. The molecule has 0 radical (unpaired) electrons. The molecule has 2 aromatic carbocycles. The van der Waals surface area contributed by atoms with E-state index in [4.69, 9.17) is 16.3 Å². The lowest BCUT2D eigenvalue weighted by Gasteiger charge is -2.07. The lowest BCUT2D eigenvalue weighted by molar-refractivity contribution is 0.103. The summed E-state index contributed by atoms with van der Waals surface area (Å²) in [7, 11) is 0. The summed E-state index contributed by atoms with van der Waals surface area (Å²) >= 11 is 9.28. The van der Waals surface area contributed by atoms with E-state index in [-0.39, 0.29) is 17.1 Å². The van der Waals surface area contributed by atoms with E-state index in [1.807, 2.05) is 0 Å². The second-order valence-electron chi connectivity index (χ2n) is 4.03. The molecule has 0 aliphatic rings. The fraction of sp³-hybridized carbons (Fsp3) is 0.133. The van der Waals surface area contributed by atoms with Gasteiger partial charge in [0.2, 0.25) is 0 Å². The Labute approximate surface area is 129 Å². The molecule has 0 fully saturated rings. The molecule has 2 rings (SSSR count). The average Bonchev–Trinajstić information content (AvgIpc) is 2.43. The van der Waals surface area contributed by atoms with Crippen molar-refractivity contribution in [2.45, 2.75) is 6.92 Å².